The van der Waals surface area contributed by atoms with Crippen molar-refractivity contribution < 1.29 is 26.7 Å². The maximum absolute atomic E-state index is 14.6. The van der Waals surface area contributed by atoms with E-state index in [4.69, 9.17) is 4.74 Å². The van der Waals surface area contributed by atoms with Crippen LogP contribution in [0.1, 0.15) is 11.3 Å². The summed E-state index contributed by atoms with van der Waals surface area (Å²) in [4.78, 5) is 6.60. The lowest BCUT2D eigenvalue weighted by atomic mass is 10.1. The van der Waals surface area contributed by atoms with Gasteiger partial charge in [0, 0.05) is 43.9 Å². The smallest absolute Gasteiger partial charge is 0.379 e. The van der Waals surface area contributed by atoms with Gasteiger partial charge < -0.3 is 9.30 Å². The maximum atomic E-state index is 14.6. The van der Waals surface area contributed by atoms with E-state index in [1.165, 1.54) is 18.2 Å². The predicted molar refractivity (Wildman–Crippen MR) is 105 cm³/mol. The quantitative estimate of drug-likeness (QED) is 0.545. The Balaban J connectivity index is 1.84. The third kappa shape index (κ3) is 4.47. The molecular weight excluding hydrogens is 417 g/mol. The van der Waals surface area contributed by atoms with Crippen LogP contribution in [0.3, 0.4) is 0 Å². The van der Waals surface area contributed by atoms with Crippen LogP contribution in [-0.2, 0) is 24.5 Å². The molecule has 164 valence electrons. The van der Waals surface area contributed by atoms with Crippen LogP contribution in [0.4, 0.5) is 22.0 Å². The van der Waals surface area contributed by atoms with Crippen LogP contribution in [-0.4, -0.2) is 40.8 Å². The Bertz CT molecular complexity index is 1090. The molecule has 31 heavy (non-hydrogen) atoms. The summed E-state index contributed by atoms with van der Waals surface area (Å²) in [5.41, 5.74) is 0.462. The monoisotopic (exact) mass is 437 g/mol. The minimum absolute atomic E-state index is 0.0958. The second-order valence-electron chi connectivity index (χ2n) is 7.38. The number of hydrogen-bond acceptors (Lipinski definition) is 3. The molecule has 0 N–H and O–H groups in total. The molecule has 2 aromatic carbocycles. The Morgan fingerprint density at radius 1 is 1.03 bits per heavy atom. The number of morpholine rings is 1. The van der Waals surface area contributed by atoms with Crippen molar-refractivity contribution in [3.05, 3.63) is 65.4 Å². The number of rotatable bonds is 4. The summed E-state index contributed by atoms with van der Waals surface area (Å²) >= 11 is 0. The largest absolute Gasteiger partial charge is 0.416 e. The Labute approximate surface area is 175 Å². The lowest BCUT2D eigenvalue weighted by molar-refractivity contribution is -0.137. The average molecular weight is 437 g/mol. The normalized spacial score (nSPS) is 15.4. The van der Waals surface area contributed by atoms with E-state index in [9.17, 15) is 22.0 Å². The molecule has 9 heteroatoms. The lowest BCUT2D eigenvalue weighted by Gasteiger charge is -2.27. The number of imidazole rings is 1. The van der Waals surface area contributed by atoms with E-state index in [1.54, 1.807) is 11.6 Å². The molecule has 4 nitrogen and oxygen atoms in total. The summed E-state index contributed by atoms with van der Waals surface area (Å²) in [5.74, 6) is -1.23. The van der Waals surface area contributed by atoms with E-state index >= 15 is 0 Å². The highest BCUT2D eigenvalue weighted by atomic mass is 19.4. The fourth-order valence-corrected chi connectivity index (χ4v) is 3.67. The van der Waals surface area contributed by atoms with Crippen LogP contribution in [0.15, 0.2) is 42.5 Å². The van der Waals surface area contributed by atoms with Gasteiger partial charge in [-0.05, 0) is 24.3 Å². The zero-order valence-corrected chi connectivity index (χ0v) is 16.7. The molecule has 2 heterocycles. The van der Waals surface area contributed by atoms with Crippen molar-refractivity contribution in [2.24, 2.45) is 7.05 Å². The Morgan fingerprint density at radius 3 is 2.45 bits per heavy atom. The van der Waals surface area contributed by atoms with Crippen LogP contribution < -0.4 is 0 Å². The molecule has 4 rings (SSSR count). The maximum Gasteiger partial charge on any atom is 0.416 e. The molecule has 1 saturated heterocycles. The molecule has 1 fully saturated rings. The number of hydrogen-bond donors (Lipinski definition) is 0. The molecule has 0 bridgehead atoms. The highest BCUT2D eigenvalue weighted by molar-refractivity contribution is 5.69. The van der Waals surface area contributed by atoms with Crippen molar-refractivity contribution >= 4 is 0 Å². The van der Waals surface area contributed by atoms with Crippen LogP contribution in [0, 0.1) is 11.6 Å². The third-order valence-electron chi connectivity index (χ3n) is 5.33. The standard InChI is InChI=1S/C22H20F5N3O/c1-29-19(13-30-7-9-31-10-8-30)20(17-6-5-16(23)12-18(17)24)28-21(29)14-3-2-4-15(11-14)22(25,26)27/h2-6,11-12H,7-10,13H2,1H3. The highest BCUT2D eigenvalue weighted by Crippen LogP contribution is 2.35. The number of benzene rings is 2. The van der Waals surface area contributed by atoms with E-state index in [1.807, 2.05) is 0 Å². The molecule has 1 aliphatic heterocycles. The van der Waals surface area contributed by atoms with Gasteiger partial charge in [0.2, 0.25) is 0 Å². The molecule has 0 aliphatic carbocycles. The van der Waals surface area contributed by atoms with Gasteiger partial charge in [0.05, 0.1) is 30.2 Å². The van der Waals surface area contributed by atoms with Crippen LogP contribution >= 0.6 is 0 Å². The first-order valence-electron chi connectivity index (χ1n) is 9.73. The Kier molecular flexibility index (Phi) is 5.81. The van der Waals surface area contributed by atoms with Crippen LogP contribution in [0.5, 0.6) is 0 Å². The van der Waals surface area contributed by atoms with E-state index in [-0.39, 0.29) is 22.6 Å². The van der Waals surface area contributed by atoms with Crippen molar-refractivity contribution in [1.82, 2.24) is 14.5 Å². The van der Waals surface area contributed by atoms with Crippen molar-refractivity contribution in [3.8, 4) is 22.6 Å². The molecule has 0 saturated carbocycles. The molecule has 0 spiro atoms. The van der Waals surface area contributed by atoms with Gasteiger partial charge in [-0.15, -0.1) is 0 Å². The van der Waals surface area contributed by atoms with E-state index in [2.05, 4.69) is 9.88 Å². The summed E-state index contributed by atoms with van der Waals surface area (Å²) in [6.07, 6.45) is -4.50. The zero-order chi connectivity index (χ0) is 22.2. The second-order valence-corrected chi connectivity index (χ2v) is 7.38. The topological polar surface area (TPSA) is 30.3 Å². The van der Waals surface area contributed by atoms with Crippen molar-refractivity contribution in [3.63, 3.8) is 0 Å². The summed E-state index contributed by atoms with van der Waals surface area (Å²) in [6.45, 7) is 2.83. The minimum Gasteiger partial charge on any atom is -0.379 e. The van der Waals surface area contributed by atoms with E-state index in [0.29, 0.717) is 38.5 Å². The number of halogens is 5. The van der Waals surface area contributed by atoms with Gasteiger partial charge >= 0.3 is 6.18 Å². The average Bonchev–Trinajstić information content (AvgIpc) is 3.04. The van der Waals surface area contributed by atoms with Gasteiger partial charge in [0.1, 0.15) is 17.5 Å². The second kappa shape index (κ2) is 8.39. The molecule has 0 radical (unpaired) electrons. The number of nitrogens with zero attached hydrogens (tertiary/aromatic N) is 3. The summed E-state index contributed by atoms with van der Waals surface area (Å²) < 4.78 is 74.7. The SMILES string of the molecule is Cn1c(-c2cccc(C(F)(F)F)c2)nc(-c2ccc(F)cc2F)c1CN1CCOCC1. The predicted octanol–water partition coefficient (Wildman–Crippen LogP) is 4.88. The summed E-state index contributed by atoms with van der Waals surface area (Å²) in [7, 11) is 1.68. The van der Waals surface area contributed by atoms with E-state index in [0.717, 1.165) is 24.3 Å². The van der Waals surface area contributed by atoms with Crippen molar-refractivity contribution in [2.75, 3.05) is 26.3 Å². The molecule has 0 amide bonds. The minimum atomic E-state index is -4.50. The molecular formula is C22H20F5N3O. The van der Waals surface area contributed by atoms with Crippen LogP contribution in [0.2, 0.25) is 0 Å². The van der Waals surface area contributed by atoms with Crippen molar-refractivity contribution in [1.29, 1.82) is 0 Å². The fourth-order valence-electron chi connectivity index (χ4n) is 3.67. The first-order chi connectivity index (χ1) is 14.7. The number of aromatic nitrogens is 2. The molecule has 1 aliphatic rings. The van der Waals surface area contributed by atoms with E-state index < -0.39 is 23.4 Å². The molecule has 3 aromatic rings. The Hall–Kier alpha value is -2.78. The summed E-state index contributed by atoms with van der Waals surface area (Å²) in [6, 6.07) is 8.05. The van der Waals surface area contributed by atoms with Gasteiger partial charge in [0.15, 0.2) is 0 Å². The summed E-state index contributed by atoms with van der Waals surface area (Å²) in [5, 5.41) is 0. The van der Waals surface area contributed by atoms with Gasteiger partial charge in [-0.2, -0.15) is 13.2 Å². The van der Waals surface area contributed by atoms with Gasteiger partial charge in [-0.25, -0.2) is 13.8 Å². The Morgan fingerprint density at radius 2 is 1.77 bits per heavy atom. The zero-order valence-electron chi connectivity index (χ0n) is 16.7. The van der Waals surface area contributed by atoms with Crippen LogP contribution in [0.25, 0.3) is 22.6 Å². The highest BCUT2D eigenvalue weighted by Gasteiger charge is 2.31. The first-order valence-corrected chi connectivity index (χ1v) is 9.73. The first kappa shape index (κ1) is 21.5. The van der Waals surface area contributed by atoms with Gasteiger partial charge in [0.25, 0.3) is 0 Å². The van der Waals surface area contributed by atoms with Crippen molar-refractivity contribution in [2.45, 2.75) is 12.7 Å². The lowest BCUT2D eigenvalue weighted by Crippen LogP contribution is -2.36. The number of ether oxygens (including phenoxy) is 1. The molecule has 0 unspecified atom stereocenters. The number of alkyl halides is 3. The fraction of sp³-hybridized carbons (Fsp3) is 0.318. The van der Waals surface area contributed by atoms with Gasteiger partial charge in [-0.3, -0.25) is 4.90 Å². The molecule has 0 atom stereocenters. The van der Waals surface area contributed by atoms with Gasteiger partial charge in [-0.1, -0.05) is 12.1 Å². The molecule has 1 aromatic heterocycles. The third-order valence-corrected chi connectivity index (χ3v) is 5.33.